The van der Waals surface area contributed by atoms with Crippen molar-refractivity contribution in [3.63, 3.8) is 0 Å². The Morgan fingerprint density at radius 1 is 1.29 bits per heavy atom. The maximum absolute atomic E-state index is 14.7. The van der Waals surface area contributed by atoms with Crippen LogP contribution in [0.1, 0.15) is 37.2 Å². The van der Waals surface area contributed by atoms with E-state index in [-0.39, 0.29) is 30.7 Å². The maximum atomic E-state index is 14.7. The Labute approximate surface area is 139 Å². The molecule has 24 heavy (non-hydrogen) atoms. The number of halogens is 1. The first kappa shape index (κ1) is 15.6. The summed E-state index contributed by atoms with van der Waals surface area (Å²) in [6.45, 7) is 0.997. The fourth-order valence-corrected chi connectivity index (χ4v) is 4.56. The molecule has 3 fully saturated rings. The van der Waals surface area contributed by atoms with E-state index in [9.17, 15) is 19.1 Å². The third-order valence-corrected chi connectivity index (χ3v) is 5.85. The highest BCUT2D eigenvalue weighted by atomic mass is 19.1. The van der Waals surface area contributed by atoms with Crippen LogP contribution in [0.5, 0.6) is 0 Å². The van der Waals surface area contributed by atoms with Crippen molar-refractivity contribution in [3.05, 3.63) is 29.6 Å². The molecule has 0 aromatic heterocycles. The Hall–Kier alpha value is -1.95. The van der Waals surface area contributed by atoms with Crippen molar-refractivity contribution in [2.75, 3.05) is 18.1 Å². The van der Waals surface area contributed by atoms with Gasteiger partial charge in [0.1, 0.15) is 5.82 Å². The highest BCUT2D eigenvalue weighted by Crippen LogP contribution is 2.44. The van der Waals surface area contributed by atoms with Gasteiger partial charge < -0.3 is 10.0 Å². The lowest BCUT2D eigenvalue weighted by Gasteiger charge is -2.33. The fourth-order valence-electron chi connectivity index (χ4n) is 4.56. The third kappa shape index (κ3) is 2.49. The van der Waals surface area contributed by atoms with Crippen LogP contribution in [0.15, 0.2) is 18.2 Å². The van der Waals surface area contributed by atoms with Crippen molar-refractivity contribution in [3.8, 4) is 0 Å². The largest absolute Gasteiger partial charge is 0.396 e. The minimum atomic E-state index is -0.458. The Balaban J connectivity index is 1.53. The lowest BCUT2D eigenvalue weighted by molar-refractivity contribution is -0.134. The zero-order valence-electron chi connectivity index (χ0n) is 13.4. The molecule has 2 saturated heterocycles. The van der Waals surface area contributed by atoms with Gasteiger partial charge in [0.25, 0.3) is 0 Å². The van der Waals surface area contributed by atoms with E-state index in [4.69, 9.17) is 0 Å². The molecule has 4 rings (SSSR count). The van der Waals surface area contributed by atoms with Gasteiger partial charge in [0, 0.05) is 25.6 Å². The second-order valence-electron chi connectivity index (χ2n) is 7.19. The minimum absolute atomic E-state index is 0.214. The van der Waals surface area contributed by atoms with Crippen LogP contribution in [0.4, 0.5) is 10.1 Å². The number of piperidine rings is 2. The minimum Gasteiger partial charge on any atom is -0.396 e. The summed E-state index contributed by atoms with van der Waals surface area (Å²) in [7, 11) is 0. The molecule has 2 heterocycles. The summed E-state index contributed by atoms with van der Waals surface area (Å²) in [5.74, 6) is -0.596. The Bertz CT molecular complexity index is 693. The quantitative estimate of drug-likeness (QED) is 0.824. The first-order valence-electron chi connectivity index (χ1n) is 8.57. The van der Waals surface area contributed by atoms with E-state index in [0.29, 0.717) is 35.5 Å². The predicted molar refractivity (Wildman–Crippen MR) is 86.0 cm³/mol. The molecule has 1 aliphatic carbocycles. The van der Waals surface area contributed by atoms with Crippen LogP contribution in [0.25, 0.3) is 0 Å². The smallest absolute Gasteiger partial charge is 0.234 e. The molecule has 2 aliphatic heterocycles. The van der Waals surface area contributed by atoms with Crippen LogP contribution in [-0.2, 0) is 9.59 Å². The third-order valence-electron chi connectivity index (χ3n) is 5.85. The van der Waals surface area contributed by atoms with Gasteiger partial charge >= 0.3 is 0 Å². The second-order valence-corrected chi connectivity index (χ2v) is 7.19. The van der Waals surface area contributed by atoms with E-state index < -0.39 is 5.92 Å². The summed E-state index contributed by atoms with van der Waals surface area (Å²) in [6, 6.07) is 5.28. The number of rotatable bonds is 3. The molecule has 1 aromatic rings. The van der Waals surface area contributed by atoms with Crippen molar-refractivity contribution < 1.29 is 19.1 Å². The van der Waals surface area contributed by atoms with E-state index in [1.54, 1.807) is 12.1 Å². The van der Waals surface area contributed by atoms with Crippen molar-refractivity contribution >= 4 is 17.5 Å². The zero-order valence-corrected chi connectivity index (χ0v) is 13.4. The van der Waals surface area contributed by atoms with Crippen LogP contribution in [0.3, 0.4) is 0 Å². The van der Waals surface area contributed by atoms with Gasteiger partial charge in [-0.15, -0.1) is 0 Å². The standard InChI is InChI=1S/C18H21FN2O3/c19-15-7-10(14-2-4-17(23)20-18(14)24)1-3-16(15)21-8-11-5-13(21)6-12(11)9-22/h1,3,7,11-14,22H,2,4-6,8-9H2,(H,20,23,24)/t11?,12-,13+,14?/m1/s1. The number of fused-ring (bicyclic) bond motifs is 2. The van der Waals surface area contributed by atoms with Gasteiger partial charge in [-0.05, 0) is 48.8 Å². The summed E-state index contributed by atoms with van der Waals surface area (Å²) >= 11 is 0. The van der Waals surface area contributed by atoms with Crippen LogP contribution in [0, 0.1) is 17.7 Å². The number of nitrogens with zero attached hydrogens (tertiary/aromatic N) is 1. The van der Waals surface area contributed by atoms with Crippen molar-refractivity contribution in [2.45, 2.75) is 37.6 Å². The number of aliphatic hydroxyl groups excluding tert-OH is 1. The average Bonchev–Trinajstić information content (AvgIpc) is 3.14. The maximum Gasteiger partial charge on any atom is 0.234 e. The number of hydrogen-bond acceptors (Lipinski definition) is 4. The van der Waals surface area contributed by atoms with Crippen molar-refractivity contribution in [2.24, 2.45) is 11.8 Å². The van der Waals surface area contributed by atoms with Gasteiger partial charge in [-0.3, -0.25) is 14.9 Å². The molecule has 2 bridgehead atoms. The molecule has 4 atom stereocenters. The van der Waals surface area contributed by atoms with Gasteiger partial charge in [0.15, 0.2) is 0 Å². The number of benzene rings is 1. The average molecular weight is 332 g/mol. The Kier molecular flexibility index (Phi) is 3.79. The summed E-state index contributed by atoms with van der Waals surface area (Å²) in [5, 5.41) is 11.7. The monoisotopic (exact) mass is 332 g/mol. The highest BCUT2D eigenvalue weighted by molar-refractivity contribution is 6.00. The van der Waals surface area contributed by atoms with E-state index in [1.807, 2.05) is 0 Å². The Morgan fingerprint density at radius 3 is 2.75 bits per heavy atom. The number of amides is 2. The molecule has 1 aromatic carbocycles. The van der Waals surface area contributed by atoms with E-state index in [2.05, 4.69) is 10.2 Å². The molecule has 6 heteroatoms. The summed E-state index contributed by atoms with van der Waals surface area (Å²) in [5.41, 5.74) is 1.20. The highest BCUT2D eigenvalue weighted by Gasteiger charge is 2.44. The van der Waals surface area contributed by atoms with Crippen LogP contribution >= 0.6 is 0 Å². The fraction of sp³-hybridized carbons (Fsp3) is 0.556. The zero-order chi connectivity index (χ0) is 16.8. The number of aliphatic hydroxyl groups is 1. The van der Waals surface area contributed by atoms with Crippen molar-refractivity contribution in [1.82, 2.24) is 5.32 Å². The molecule has 2 amide bonds. The molecular weight excluding hydrogens is 311 g/mol. The van der Waals surface area contributed by atoms with Gasteiger partial charge in [-0.1, -0.05) is 6.07 Å². The van der Waals surface area contributed by atoms with Crippen LogP contribution in [-0.4, -0.2) is 36.1 Å². The summed E-state index contributed by atoms with van der Waals surface area (Å²) < 4.78 is 14.7. The van der Waals surface area contributed by atoms with Crippen molar-refractivity contribution in [1.29, 1.82) is 0 Å². The molecule has 128 valence electrons. The Morgan fingerprint density at radius 2 is 2.12 bits per heavy atom. The second kappa shape index (κ2) is 5.84. The lowest BCUT2D eigenvalue weighted by atomic mass is 9.90. The molecule has 1 saturated carbocycles. The molecule has 0 spiro atoms. The number of hydrogen-bond donors (Lipinski definition) is 2. The first-order chi connectivity index (χ1) is 11.6. The lowest BCUT2D eigenvalue weighted by Crippen LogP contribution is -2.39. The van der Waals surface area contributed by atoms with E-state index >= 15 is 0 Å². The number of carbonyl (C=O) groups excluding carboxylic acids is 2. The molecule has 2 unspecified atom stereocenters. The van der Waals surface area contributed by atoms with Gasteiger partial charge in [-0.2, -0.15) is 0 Å². The molecule has 3 aliphatic rings. The van der Waals surface area contributed by atoms with E-state index in [1.165, 1.54) is 6.07 Å². The molecular formula is C18H21FN2O3. The van der Waals surface area contributed by atoms with Crippen LogP contribution < -0.4 is 10.2 Å². The predicted octanol–water partition coefficient (Wildman–Crippen LogP) is 1.55. The van der Waals surface area contributed by atoms with E-state index in [0.717, 1.165) is 19.4 Å². The topological polar surface area (TPSA) is 69.6 Å². The first-order valence-corrected chi connectivity index (χ1v) is 8.57. The summed E-state index contributed by atoms with van der Waals surface area (Å²) in [6.07, 6.45) is 2.64. The SMILES string of the molecule is O=C1CCC(c2ccc(N3CC4C[C@H]3C[C@@H]4CO)c(F)c2)C(=O)N1. The normalized spacial score (nSPS) is 32.3. The number of nitrogens with one attached hydrogen (secondary N) is 1. The molecule has 5 nitrogen and oxygen atoms in total. The number of anilines is 1. The van der Waals surface area contributed by atoms with Gasteiger partial charge in [-0.25, -0.2) is 4.39 Å². The van der Waals surface area contributed by atoms with Gasteiger partial charge in [0.2, 0.25) is 11.8 Å². The van der Waals surface area contributed by atoms with Gasteiger partial charge in [0.05, 0.1) is 11.6 Å². The number of imide groups is 1. The van der Waals surface area contributed by atoms with Crippen LogP contribution in [0.2, 0.25) is 0 Å². The number of carbonyl (C=O) groups is 2. The molecule has 0 radical (unpaired) electrons. The molecule has 2 N–H and O–H groups in total. The summed E-state index contributed by atoms with van der Waals surface area (Å²) in [4.78, 5) is 25.3.